The first-order valence-corrected chi connectivity index (χ1v) is 18.1. The molecule has 1 atom stereocenters. The summed E-state index contributed by atoms with van der Waals surface area (Å²) in [6.07, 6.45) is 10.1. The van der Waals surface area contributed by atoms with Gasteiger partial charge in [0.15, 0.2) is 5.82 Å². The van der Waals surface area contributed by atoms with Gasteiger partial charge in [-0.1, -0.05) is 51.1 Å². The molecule has 0 spiro atoms. The number of aromatic nitrogens is 6. The molecule has 5 heterocycles. The standard InChI is InChI=1S/C21H27N5O.C14H12N4O2.C2H6.CH4S/c1-16-7-10-25(13-16)14-20(27)26-11-8-18(9-12-26)17-3-5-19(6-4-17)21-22-15-24(2)23-21;1-20-13-5-2-9(7-15-13)14-11-6-10(16-8-19)3-4-12(11)17-18-14;2*1-2/h3-6,8,15-16H,7,9-14H2,1-2H3;2-8H,1H3,(H,16,19)(H,17,18);1-2H3;2H,1H3/t16-;;;/m0.../s1. The number of amides is 2. The van der Waals surface area contributed by atoms with Crippen molar-refractivity contribution in [3.8, 4) is 28.5 Å². The number of rotatable bonds is 8. The summed E-state index contributed by atoms with van der Waals surface area (Å²) in [5.74, 6) is 2.28. The Morgan fingerprint density at radius 1 is 1.04 bits per heavy atom. The minimum absolute atomic E-state index is 0.260. The summed E-state index contributed by atoms with van der Waals surface area (Å²) in [5, 5.41) is 15.2. The van der Waals surface area contributed by atoms with Crippen molar-refractivity contribution in [2.24, 2.45) is 13.0 Å². The molecule has 2 aliphatic rings. The highest BCUT2D eigenvalue weighted by Crippen LogP contribution is 2.29. The molecule has 2 amide bonds. The van der Waals surface area contributed by atoms with E-state index in [1.54, 1.807) is 36.6 Å². The van der Waals surface area contributed by atoms with E-state index in [2.05, 4.69) is 85.4 Å². The second-order valence-electron chi connectivity index (χ2n) is 12.0. The largest absolute Gasteiger partial charge is 0.481 e. The number of likely N-dealkylation sites (tertiary alicyclic amines) is 1. The summed E-state index contributed by atoms with van der Waals surface area (Å²) in [6.45, 7) is 10.4. The van der Waals surface area contributed by atoms with E-state index in [-0.39, 0.29) is 5.91 Å². The zero-order chi connectivity index (χ0) is 36.8. The molecule has 0 aliphatic carbocycles. The maximum absolute atomic E-state index is 12.5. The van der Waals surface area contributed by atoms with Crippen molar-refractivity contribution in [3.63, 3.8) is 0 Å². The molecular weight excluding hydrogens is 663 g/mol. The molecular formula is C38H49N9O3S. The number of carbonyl (C=O) groups is 2. The molecule has 2 N–H and O–H groups in total. The summed E-state index contributed by atoms with van der Waals surface area (Å²) in [6, 6.07) is 17.6. The third-order valence-electron chi connectivity index (χ3n) is 8.55. The topological polar surface area (TPSA) is 134 Å². The molecule has 2 aromatic carbocycles. The minimum Gasteiger partial charge on any atom is -0.481 e. The Kier molecular flexibility index (Phi) is 14.8. The van der Waals surface area contributed by atoms with Gasteiger partial charge in [-0.2, -0.15) is 22.8 Å². The lowest BCUT2D eigenvalue weighted by Crippen LogP contribution is -2.41. The van der Waals surface area contributed by atoms with Crippen LogP contribution in [0.1, 0.15) is 39.2 Å². The van der Waals surface area contributed by atoms with E-state index in [1.807, 2.05) is 50.1 Å². The lowest BCUT2D eigenvalue weighted by molar-refractivity contribution is -0.131. The van der Waals surface area contributed by atoms with Gasteiger partial charge in [-0.3, -0.25) is 24.3 Å². The van der Waals surface area contributed by atoms with Crippen molar-refractivity contribution in [1.82, 2.24) is 39.7 Å². The zero-order valence-electron chi connectivity index (χ0n) is 30.3. The van der Waals surface area contributed by atoms with E-state index in [0.29, 0.717) is 25.4 Å². The van der Waals surface area contributed by atoms with Crippen LogP contribution in [0.5, 0.6) is 5.88 Å². The summed E-state index contributed by atoms with van der Waals surface area (Å²) >= 11 is 3.53. The van der Waals surface area contributed by atoms with Crippen molar-refractivity contribution in [1.29, 1.82) is 0 Å². The maximum Gasteiger partial charge on any atom is 0.237 e. The minimum atomic E-state index is 0.260. The SMILES string of the molecule is CC.COc1ccc(-c2n[nH]c3ccc(NC=O)cc23)cn1.CS.C[C@H]1CCN(CC(=O)N2CC=C(c3ccc(-c4ncn(C)n4)cc3)CC2)C1. The Labute approximate surface area is 305 Å². The van der Waals surface area contributed by atoms with Crippen LogP contribution >= 0.6 is 12.6 Å². The number of H-pyrrole nitrogens is 1. The van der Waals surface area contributed by atoms with Crippen LogP contribution in [-0.2, 0) is 16.6 Å². The number of nitrogens with one attached hydrogen (secondary N) is 2. The van der Waals surface area contributed by atoms with Crippen LogP contribution < -0.4 is 10.1 Å². The quantitative estimate of drug-likeness (QED) is 0.128. The molecule has 270 valence electrons. The number of benzene rings is 2. The average molecular weight is 712 g/mol. The predicted molar refractivity (Wildman–Crippen MR) is 208 cm³/mol. The Balaban J connectivity index is 0.000000216. The highest BCUT2D eigenvalue weighted by atomic mass is 32.1. The van der Waals surface area contributed by atoms with Gasteiger partial charge < -0.3 is 15.0 Å². The monoisotopic (exact) mass is 711 g/mol. The molecule has 0 unspecified atom stereocenters. The Hall–Kier alpha value is -5.01. The Bertz CT molecular complexity index is 1870. The van der Waals surface area contributed by atoms with Gasteiger partial charge in [-0.25, -0.2) is 9.97 Å². The first-order valence-electron chi connectivity index (χ1n) is 17.2. The Morgan fingerprint density at radius 3 is 2.37 bits per heavy atom. The lowest BCUT2D eigenvalue weighted by Gasteiger charge is -2.28. The first-order chi connectivity index (χ1) is 24.9. The fourth-order valence-electron chi connectivity index (χ4n) is 5.96. The van der Waals surface area contributed by atoms with Gasteiger partial charge in [-0.05, 0) is 67.0 Å². The van der Waals surface area contributed by atoms with Gasteiger partial charge in [0, 0.05) is 61.1 Å². The number of anilines is 1. The van der Waals surface area contributed by atoms with E-state index < -0.39 is 0 Å². The normalized spacial score (nSPS) is 15.3. The van der Waals surface area contributed by atoms with Gasteiger partial charge in [-0.15, -0.1) is 0 Å². The third kappa shape index (κ3) is 10.3. The number of aryl methyl sites for hydroxylation is 1. The molecule has 2 aliphatic heterocycles. The number of nitrogens with zero attached hydrogens (tertiary/aromatic N) is 7. The summed E-state index contributed by atoms with van der Waals surface area (Å²) in [5.41, 5.74) is 6.82. The number of aromatic amines is 1. The number of carbonyl (C=O) groups excluding carboxylic acids is 2. The summed E-state index contributed by atoms with van der Waals surface area (Å²) < 4.78 is 6.75. The number of hydrogen-bond donors (Lipinski definition) is 3. The van der Waals surface area contributed by atoms with Crippen molar-refractivity contribution in [3.05, 3.63) is 78.8 Å². The molecule has 0 radical (unpaired) electrons. The molecule has 5 aromatic rings. The average Bonchev–Trinajstić information content (AvgIpc) is 3.93. The second kappa shape index (κ2) is 19.4. The number of fused-ring (bicyclic) bond motifs is 1. The molecule has 3 aromatic heterocycles. The summed E-state index contributed by atoms with van der Waals surface area (Å²) in [4.78, 5) is 35.8. The van der Waals surface area contributed by atoms with Gasteiger partial charge in [0.05, 0.1) is 19.2 Å². The van der Waals surface area contributed by atoms with E-state index in [4.69, 9.17) is 4.74 Å². The number of pyridine rings is 1. The molecule has 51 heavy (non-hydrogen) atoms. The van der Waals surface area contributed by atoms with Gasteiger partial charge in [0.1, 0.15) is 12.0 Å². The predicted octanol–water partition coefficient (Wildman–Crippen LogP) is 6.21. The molecule has 7 rings (SSSR count). The molecule has 13 heteroatoms. The van der Waals surface area contributed by atoms with Crippen molar-refractivity contribution in [2.75, 3.05) is 51.4 Å². The molecule has 1 fully saturated rings. The fourth-order valence-corrected chi connectivity index (χ4v) is 5.96. The maximum atomic E-state index is 12.5. The van der Waals surface area contributed by atoms with Crippen LogP contribution in [0.15, 0.2) is 73.2 Å². The van der Waals surface area contributed by atoms with Crippen LogP contribution in [0.3, 0.4) is 0 Å². The highest BCUT2D eigenvalue weighted by Gasteiger charge is 2.24. The van der Waals surface area contributed by atoms with Crippen molar-refractivity contribution in [2.45, 2.75) is 33.6 Å². The van der Waals surface area contributed by atoms with Crippen LogP contribution in [-0.4, -0.2) is 98.2 Å². The summed E-state index contributed by atoms with van der Waals surface area (Å²) in [7, 11) is 3.44. The molecule has 1 saturated heterocycles. The van der Waals surface area contributed by atoms with E-state index in [0.717, 1.165) is 71.2 Å². The lowest BCUT2D eigenvalue weighted by atomic mass is 9.98. The number of hydrogen-bond acceptors (Lipinski definition) is 9. The second-order valence-corrected chi connectivity index (χ2v) is 12.0. The molecule has 0 bridgehead atoms. The molecule has 12 nitrogen and oxygen atoms in total. The smallest absolute Gasteiger partial charge is 0.237 e. The third-order valence-corrected chi connectivity index (χ3v) is 8.55. The van der Waals surface area contributed by atoms with E-state index >= 15 is 0 Å². The van der Waals surface area contributed by atoms with Gasteiger partial charge >= 0.3 is 0 Å². The van der Waals surface area contributed by atoms with Gasteiger partial charge in [0.25, 0.3) is 0 Å². The van der Waals surface area contributed by atoms with Crippen molar-refractivity contribution < 1.29 is 14.3 Å². The first kappa shape index (κ1) is 38.8. The van der Waals surface area contributed by atoms with Crippen LogP contribution in [0, 0.1) is 5.92 Å². The number of methoxy groups -OCH3 is 1. The van der Waals surface area contributed by atoms with Crippen LogP contribution in [0.25, 0.3) is 39.1 Å². The fraction of sp³-hybridized carbons (Fsp3) is 0.368. The van der Waals surface area contributed by atoms with Crippen molar-refractivity contribution >= 4 is 47.1 Å². The van der Waals surface area contributed by atoms with E-state index in [1.165, 1.54) is 17.6 Å². The zero-order valence-corrected chi connectivity index (χ0v) is 31.2. The van der Waals surface area contributed by atoms with Crippen LogP contribution in [0.2, 0.25) is 0 Å². The number of ether oxygens (including phenoxy) is 1. The highest BCUT2D eigenvalue weighted by molar-refractivity contribution is 7.79. The molecule has 0 saturated carbocycles. The van der Waals surface area contributed by atoms with Gasteiger partial charge in [0.2, 0.25) is 18.2 Å². The van der Waals surface area contributed by atoms with Crippen LogP contribution in [0.4, 0.5) is 5.69 Å². The van der Waals surface area contributed by atoms with E-state index in [9.17, 15) is 9.59 Å². The number of thiol groups is 1. The Morgan fingerprint density at radius 2 is 1.78 bits per heavy atom.